The standard InChI is InChI=1S/C14H19ClN2O.ClH/c1-2-17(13(18)14(16)7-4-8-14)10-11-5-3-6-12(15)9-11;/h3,5-6,9H,2,4,7-8,10,16H2,1H3;1H. The molecule has 0 radical (unpaired) electrons. The SMILES string of the molecule is CCN(Cc1cccc(Cl)c1)C(=O)C1(N)CCC1.Cl. The van der Waals surface area contributed by atoms with Gasteiger partial charge in [-0.1, -0.05) is 23.7 Å². The number of amides is 1. The molecule has 0 bridgehead atoms. The fourth-order valence-electron chi connectivity index (χ4n) is 2.27. The summed E-state index contributed by atoms with van der Waals surface area (Å²) in [5.41, 5.74) is 6.51. The Labute approximate surface area is 125 Å². The van der Waals surface area contributed by atoms with E-state index in [0.29, 0.717) is 18.1 Å². The Morgan fingerprint density at radius 1 is 1.47 bits per heavy atom. The van der Waals surface area contributed by atoms with Crippen LogP contribution in [-0.4, -0.2) is 22.9 Å². The molecule has 0 aliphatic heterocycles. The van der Waals surface area contributed by atoms with Crippen LogP contribution in [0.5, 0.6) is 0 Å². The zero-order valence-electron chi connectivity index (χ0n) is 11.1. The minimum Gasteiger partial charge on any atom is -0.337 e. The first-order valence-electron chi connectivity index (χ1n) is 6.38. The second-order valence-corrected chi connectivity index (χ2v) is 5.40. The highest BCUT2D eigenvalue weighted by atomic mass is 35.5. The lowest BCUT2D eigenvalue weighted by Crippen LogP contribution is -2.59. The van der Waals surface area contributed by atoms with Gasteiger partial charge < -0.3 is 10.6 Å². The Hall–Kier alpha value is -0.770. The Morgan fingerprint density at radius 2 is 2.16 bits per heavy atom. The summed E-state index contributed by atoms with van der Waals surface area (Å²) >= 11 is 5.95. The molecule has 0 spiro atoms. The zero-order chi connectivity index (χ0) is 13.2. The van der Waals surface area contributed by atoms with Crippen molar-refractivity contribution in [2.75, 3.05) is 6.54 Å². The van der Waals surface area contributed by atoms with Crippen LogP contribution in [0.2, 0.25) is 5.02 Å². The third-order valence-corrected chi connectivity index (χ3v) is 3.84. The molecule has 1 aromatic carbocycles. The number of carbonyl (C=O) groups excluding carboxylic acids is 1. The fraction of sp³-hybridized carbons (Fsp3) is 0.500. The molecule has 0 unspecified atom stereocenters. The fourth-order valence-corrected chi connectivity index (χ4v) is 2.48. The maximum Gasteiger partial charge on any atom is 0.242 e. The van der Waals surface area contributed by atoms with E-state index < -0.39 is 5.54 Å². The van der Waals surface area contributed by atoms with E-state index in [1.165, 1.54) is 0 Å². The topological polar surface area (TPSA) is 46.3 Å². The molecule has 3 nitrogen and oxygen atoms in total. The molecular weight excluding hydrogens is 283 g/mol. The number of hydrogen-bond acceptors (Lipinski definition) is 2. The van der Waals surface area contributed by atoms with Gasteiger partial charge in [0.15, 0.2) is 0 Å². The minimum atomic E-state index is -0.616. The number of halogens is 2. The van der Waals surface area contributed by atoms with Crippen LogP contribution in [-0.2, 0) is 11.3 Å². The van der Waals surface area contributed by atoms with E-state index in [1.807, 2.05) is 36.1 Å². The molecule has 0 aromatic heterocycles. The number of nitrogens with two attached hydrogens (primary N) is 1. The van der Waals surface area contributed by atoms with Crippen LogP contribution in [0.15, 0.2) is 24.3 Å². The minimum absolute atomic E-state index is 0. The van der Waals surface area contributed by atoms with Gasteiger partial charge in [-0.3, -0.25) is 4.79 Å². The third-order valence-electron chi connectivity index (χ3n) is 3.60. The van der Waals surface area contributed by atoms with Gasteiger partial charge in [-0.05, 0) is 43.9 Å². The number of hydrogen-bond donors (Lipinski definition) is 1. The molecule has 1 amide bonds. The van der Waals surface area contributed by atoms with Gasteiger partial charge in [0, 0.05) is 18.1 Å². The quantitative estimate of drug-likeness (QED) is 0.929. The molecule has 106 valence electrons. The van der Waals surface area contributed by atoms with Crippen LogP contribution >= 0.6 is 24.0 Å². The second-order valence-electron chi connectivity index (χ2n) is 4.96. The van der Waals surface area contributed by atoms with Gasteiger partial charge in [-0.25, -0.2) is 0 Å². The lowest BCUT2D eigenvalue weighted by Gasteiger charge is -2.40. The van der Waals surface area contributed by atoms with Crippen LogP contribution in [0.25, 0.3) is 0 Å². The number of benzene rings is 1. The summed E-state index contributed by atoms with van der Waals surface area (Å²) in [6.45, 7) is 3.23. The summed E-state index contributed by atoms with van der Waals surface area (Å²) in [4.78, 5) is 14.1. The average molecular weight is 303 g/mol. The van der Waals surface area contributed by atoms with Gasteiger partial charge in [-0.2, -0.15) is 0 Å². The smallest absolute Gasteiger partial charge is 0.242 e. The highest BCUT2D eigenvalue weighted by Gasteiger charge is 2.42. The summed E-state index contributed by atoms with van der Waals surface area (Å²) in [5, 5.41) is 0.696. The van der Waals surface area contributed by atoms with Crippen molar-refractivity contribution < 1.29 is 4.79 Å². The number of nitrogens with zero attached hydrogens (tertiary/aromatic N) is 1. The van der Waals surface area contributed by atoms with Gasteiger partial charge in [0.25, 0.3) is 0 Å². The highest BCUT2D eigenvalue weighted by Crippen LogP contribution is 2.31. The van der Waals surface area contributed by atoms with Gasteiger partial charge in [-0.15, -0.1) is 12.4 Å². The van der Waals surface area contributed by atoms with Gasteiger partial charge in [0.05, 0.1) is 5.54 Å². The van der Waals surface area contributed by atoms with Crippen molar-refractivity contribution in [1.82, 2.24) is 4.90 Å². The van der Waals surface area contributed by atoms with Crippen LogP contribution in [0, 0.1) is 0 Å². The van der Waals surface area contributed by atoms with Crippen LogP contribution in [0.3, 0.4) is 0 Å². The van der Waals surface area contributed by atoms with Crippen molar-refractivity contribution >= 4 is 29.9 Å². The summed E-state index contributed by atoms with van der Waals surface area (Å²) in [7, 11) is 0. The second kappa shape index (κ2) is 6.60. The maximum atomic E-state index is 12.3. The lowest BCUT2D eigenvalue weighted by atomic mass is 9.76. The van der Waals surface area contributed by atoms with Crippen molar-refractivity contribution in [2.24, 2.45) is 5.73 Å². The van der Waals surface area contributed by atoms with E-state index in [4.69, 9.17) is 17.3 Å². The predicted octanol–water partition coefficient (Wildman–Crippen LogP) is 2.99. The lowest BCUT2D eigenvalue weighted by molar-refractivity contribution is -0.140. The molecule has 1 saturated carbocycles. The van der Waals surface area contributed by atoms with E-state index in [-0.39, 0.29) is 18.3 Å². The first-order chi connectivity index (χ1) is 8.55. The third kappa shape index (κ3) is 3.62. The number of carbonyl (C=O) groups is 1. The molecule has 0 atom stereocenters. The first-order valence-corrected chi connectivity index (χ1v) is 6.75. The maximum absolute atomic E-state index is 12.3. The van der Waals surface area contributed by atoms with Crippen molar-refractivity contribution in [1.29, 1.82) is 0 Å². The Morgan fingerprint density at radius 3 is 2.63 bits per heavy atom. The Kier molecular flexibility index (Phi) is 5.65. The van der Waals surface area contributed by atoms with Gasteiger partial charge in [0.2, 0.25) is 5.91 Å². The van der Waals surface area contributed by atoms with Gasteiger partial charge >= 0.3 is 0 Å². The monoisotopic (exact) mass is 302 g/mol. The molecule has 2 N–H and O–H groups in total. The first kappa shape index (κ1) is 16.3. The molecule has 1 fully saturated rings. The van der Waals surface area contributed by atoms with E-state index in [9.17, 15) is 4.79 Å². The van der Waals surface area contributed by atoms with E-state index >= 15 is 0 Å². The van der Waals surface area contributed by atoms with Crippen LogP contribution in [0.4, 0.5) is 0 Å². The molecule has 0 heterocycles. The summed E-state index contributed by atoms with van der Waals surface area (Å²) in [6, 6.07) is 7.60. The Balaban J connectivity index is 0.00000180. The highest BCUT2D eigenvalue weighted by molar-refractivity contribution is 6.30. The molecule has 1 aliphatic carbocycles. The Bertz CT molecular complexity index is 447. The number of rotatable bonds is 4. The van der Waals surface area contributed by atoms with E-state index in [0.717, 1.165) is 24.8 Å². The van der Waals surface area contributed by atoms with Crippen LogP contribution in [0.1, 0.15) is 31.7 Å². The normalized spacial score (nSPS) is 16.2. The predicted molar refractivity (Wildman–Crippen MR) is 80.6 cm³/mol. The van der Waals surface area contributed by atoms with Crippen LogP contribution < -0.4 is 5.73 Å². The summed E-state index contributed by atoms with van der Waals surface area (Å²) < 4.78 is 0. The van der Waals surface area contributed by atoms with E-state index in [2.05, 4.69) is 0 Å². The summed E-state index contributed by atoms with van der Waals surface area (Å²) in [6.07, 6.45) is 2.66. The summed E-state index contributed by atoms with van der Waals surface area (Å²) in [5.74, 6) is 0.0659. The number of likely N-dealkylation sites (N-methyl/N-ethyl adjacent to an activating group) is 1. The van der Waals surface area contributed by atoms with E-state index in [1.54, 1.807) is 0 Å². The van der Waals surface area contributed by atoms with Gasteiger partial charge in [0.1, 0.15) is 0 Å². The molecule has 0 saturated heterocycles. The molecule has 1 aromatic rings. The molecule has 5 heteroatoms. The molecule has 2 rings (SSSR count). The largest absolute Gasteiger partial charge is 0.337 e. The average Bonchev–Trinajstić information content (AvgIpc) is 2.32. The molecular formula is C14H20Cl2N2O. The zero-order valence-corrected chi connectivity index (χ0v) is 12.6. The van der Waals surface area contributed by atoms with Crippen molar-refractivity contribution in [3.05, 3.63) is 34.9 Å². The van der Waals surface area contributed by atoms with Crippen molar-refractivity contribution in [3.63, 3.8) is 0 Å². The van der Waals surface area contributed by atoms with Crippen molar-refractivity contribution in [3.8, 4) is 0 Å². The van der Waals surface area contributed by atoms with Crippen molar-refractivity contribution in [2.45, 2.75) is 38.3 Å². The molecule has 1 aliphatic rings. The molecule has 19 heavy (non-hydrogen) atoms.